The molecule has 0 aliphatic rings. The highest BCUT2D eigenvalue weighted by Gasteiger charge is 2.05. The zero-order valence-corrected chi connectivity index (χ0v) is 13.3. The van der Waals surface area contributed by atoms with E-state index in [9.17, 15) is 4.79 Å². The first-order valence-corrected chi connectivity index (χ1v) is 7.32. The number of halogens is 1. The third-order valence-electron chi connectivity index (χ3n) is 2.90. The maximum Gasteiger partial charge on any atom is 0.250 e. The lowest BCUT2D eigenvalue weighted by Crippen LogP contribution is -2.19. The van der Waals surface area contributed by atoms with Gasteiger partial charge in [0.05, 0.1) is 18.0 Å². The molecule has 0 aliphatic heterocycles. The number of nitrogens with two attached hydrogens (primary N) is 1. The van der Waals surface area contributed by atoms with E-state index in [1.165, 1.54) is 0 Å². The highest BCUT2D eigenvalue weighted by Crippen LogP contribution is 2.19. The quantitative estimate of drug-likeness (QED) is 0.812. The summed E-state index contributed by atoms with van der Waals surface area (Å²) in [6.07, 6.45) is 0. The van der Waals surface area contributed by atoms with Gasteiger partial charge >= 0.3 is 0 Å². The highest BCUT2D eigenvalue weighted by atomic mass is 79.9. The van der Waals surface area contributed by atoms with Gasteiger partial charge in [-0.3, -0.25) is 4.79 Å². The van der Waals surface area contributed by atoms with Crippen LogP contribution in [0, 0.1) is 6.92 Å². The molecule has 0 fully saturated rings. The number of carbonyl (C=O) groups excluding carboxylic acids is 1. The van der Waals surface area contributed by atoms with Crippen LogP contribution in [-0.2, 0) is 16.1 Å². The van der Waals surface area contributed by atoms with Gasteiger partial charge in [-0.15, -0.1) is 0 Å². The molecule has 0 heterocycles. The Morgan fingerprint density at radius 2 is 1.95 bits per heavy atom. The summed E-state index contributed by atoms with van der Waals surface area (Å²) in [5, 5.41) is 2.74. The molecule has 0 spiro atoms. The zero-order valence-electron chi connectivity index (χ0n) is 11.7. The molecule has 4 nitrogen and oxygen atoms in total. The number of benzene rings is 2. The van der Waals surface area contributed by atoms with E-state index < -0.39 is 0 Å². The van der Waals surface area contributed by atoms with Crippen molar-refractivity contribution in [3.05, 3.63) is 58.1 Å². The summed E-state index contributed by atoms with van der Waals surface area (Å²) in [4.78, 5) is 11.8. The van der Waals surface area contributed by atoms with Crippen LogP contribution in [0.3, 0.4) is 0 Å². The van der Waals surface area contributed by atoms with Gasteiger partial charge in [0, 0.05) is 4.47 Å². The Hall–Kier alpha value is -1.85. The molecular formula is C16H17BrN2O2. The maximum atomic E-state index is 11.8. The number of aryl methyl sites for hydroxylation is 1. The molecule has 0 unspecified atom stereocenters. The van der Waals surface area contributed by atoms with Crippen LogP contribution in [-0.4, -0.2) is 12.5 Å². The van der Waals surface area contributed by atoms with Crippen molar-refractivity contribution in [2.75, 3.05) is 17.7 Å². The molecule has 0 radical (unpaired) electrons. The normalized spacial score (nSPS) is 10.4. The third-order valence-corrected chi connectivity index (χ3v) is 3.42. The van der Waals surface area contributed by atoms with Crippen molar-refractivity contribution in [1.82, 2.24) is 0 Å². The van der Waals surface area contributed by atoms with Crippen molar-refractivity contribution in [2.24, 2.45) is 0 Å². The topological polar surface area (TPSA) is 64.3 Å². The molecule has 0 saturated carbocycles. The molecule has 2 aromatic rings. The minimum absolute atomic E-state index is 0.0105. The number of ether oxygens (including phenoxy) is 1. The molecule has 0 aromatic heterocycles. The van der Waals surface area contributed by atoms with Gasteiger partial charge in [-0.1, -0.05) is 34.1 Å². The fourth-order valence-electron chi connectivity index (χ4n) is 1.82. The predicted molar refractivity (Wildman–Crippen MR) is 88.0 cm³/mol. The zero-order chi connectivity index (χ0) is 15.2. The summed E-state index contributed by atoms with van der Waals surface area (Å²) < 4.78 is 6.40. The molecule has 5 heteroatoms. The van der Waals surface area contributed by atoms with Crippen LogP contribution in [0.15, 0.2) is 46.9 Å². The number of rotatable bonds is 5. The van der Waals surface area contributed by atoms with Crippen molar-refractivity contribution < 1.29 is 9.53 Å². The second-order valence-electron chi connectivity index (χ2n) is 4.76. The summed E-state index contributed by atoms with van der Waals surface area (Å²) in [6, 6.07) is 13.3. The second-order valence-corrected chi connectivity index (χ2v) is 5.67. The first kappa shape index (κ1) is 15.5. The maximum absolute atomic E-state index is 11.8. The largest absolute Gasteiger partial charge is 0.397 e. The number of hydrogen-bond donors (Lipinski definition) is 2. The van der Waals surface area contributed by atoms with Crippen LogP contribution in [0.5, 0.6) is 0 Å². The summed E-state index contributed by atoms with van der Waals surface area (Å²) in [7, 11) is 0. The van der Waals surface area contributed by atoms with Gasteiger partial charge in [0.1, 0.15) is 6.61 Å². The molecule has 1 amide bonds. The number of carbonyl (C=O) groups is 1. The first-order chi connectivity index (χ1) is 10.0. The number of amides is 1. The number of nitrogens with one attached hydrogen (secondary N) is 1. The summed E-state index contributed by atoms with van der Waals surface area (Å²) in [6.45, 7) is 2.33. The van der Waals surface area contributed by atoms with Crippen molar-refractivity contribution >= 4 is 33.2 Å². The molecule has 0 saturated heterocycles. The van der Waals surface area contributed by atoms with Crippen LogP contribution in [0.1, 0.15) is 11.1 Å². The molecule has 110 valence electrons. The van der Waals surface area contributed by atoms with E-state index in [0.29, 0.717) is 18.0 Å². The van der Waals surface area contributed by atoms with Crippen LogP contribution >= 0.6 is 15.9 Å². The molecule has 2 aromatic carbocycles. The van der Waals surface area contributed by atoms with Gasteiger partial charge in [0.2, 0.25) is 5.91 Å². The minimum Gasteiger partial charge on any atom is -0.397 e. The Kier molecular flexibility index (Phi) is 5.36. The van der Waals surface area contributed by atoms with E-state index in [1.54, 1.807) is 6.07 Å². The summed E-state index contributed by atoms with van der Waals surface area (Å²) in [5.41, 5.74) is 9.07. The highest BCUT2D eigenvalue weighted by molar-refractivity contribution is 9.10. The first-order valence-electron chi connectivity index (χ1n) is 6.53. The molecule has 0 aliphatic carbocycles. The standard InChI is InChI=1S/C16H17BrN2O2/c1-11-2-7-15(14(18)8-11)19-16(20)10-21-9-12-3-5-13(17)6-4-12/h2-8H,9-10,18H2,1H3,(H,19,20). The Labute approximate surface area is 132 Å². The van der Waals surface area contributed by atoms with Gasteiger partial charge in [0.25, 0.3) is 0 Å². The van der Waals surface area contributed by atoms with Crippen molar-refractivity contribution in [2.45, 2.75) is 13.5 Å². The van der Waals surface area contributed by atoms with E-state index in [4.69, 9.17) is 10.5 Å². The molecule has 0 bridgehead atoms. The summed E-state index contributed by atoms with van der Waals surface area (Å²) in [5.74, 6) is -0.220. The van der Waals surface area contributed by atoms with Crippen LogP contribution < -0.4 is 11.1 Å². The molecule has 3 N–H and O–H groups in total. The Bertz CT molecular complexity index is 627. The average Bonchev–Trinajstić information content (AvgIpc) is 2.44. The van der Waals surface area contributed by atoms with Crippen molar-refractivity contribution in [3.63, 3.8) is 0 Å². The van der Waals surface area contributed by atoms with Crippen LogP contribution in [0.4, 0.5) is 11.4 Å². The SMILES string of the molecule is Cc1ccc(NC(=O)COCc2ccc(Br)cc2)c(N)c1. The third kappa shape index (κ3) is 4.88. The summed E-state index contributed by atoms with van der Waals surface area (Å²) >= 11 is 3.37. The molecule has 0 atom stereocenters. The molecule has 2 rings (SSSR count). The van der Waals surface area contributed by atoms with Crippen LogP contribution in [0.2, 0.25) is 0 Å². The van der Waals surface area contributed by atoms with E-state index in [2.05, 4.69) is 21.2 Å². The Morgan fingerprint density at radius 1 is 1.24 bits per heavy atom. The number of anilines is 2. The Balaban J connectivity index is 1.81. The minimum atomic E-state index is -0.220. The van der Waals surface area contributed by atoms with Gasteiger partial charge in [-0.05, 0) is 42.3 Å². The van der Waals surface area contributed by atoms with Gasteiger partial charge < -0.3 is 15.8 Å². The van der Waals surface area contributed by atoms with Gasteiger partial charge in [-0.2, -0.15) is 0 Å². The number of hydrogen-bond acceptors (Lipinski definition) is 3. The van der Waals surface area contributed by atoms with Gasteiger partial charge in [0.15, 0.2) is 0 Å². The smallest absolute Gasteiger partial charge is 0.250 e. The number of nitrogen functional groups attached to an aromatic ring is 1. The van der Waals surface area contributed by atoms with E-state index in [-0.39, 0.29) is 12.5 Å². The fourth-order valence-corrected chi connectivity index (χ4v) is 2.09. The average molecular weight is 349 g/mol. The molecule has 21 heavy (non-hydrogen) atoms. The lowest BCUT2D eigenvalue weighted by molar-refractivity contribution is -0.121. The van der Waals surface area contributed by atoms with Gasteiger partial charge in [-0.25, -0.2) is 0 Å². The lowest BCUT2D eigenvalue weighted by Gasteiger charge is -2.09. The van der Waals surface area contributed by atoms with E-state index in [1.807, 2.05) is 43.3 Å². The van der Waals surface area contributed by atoms with Crippen LogP contribution in [0.25, 0.3) is 0 Å². The monoisotopic (exact) mass is 348 g/mol. The van der Waals surface area contributed by atoms with Crippen molar-refractivity contribution in [3.8, 4) is 0 Å². The fraction of sp³-hybridized carbons (Fsp3) is 0.188. The Morgan fingerprint density at radius 3 is 2.62 bits per heavy atom. The van der Waals surface area contributed by atoms with E-state index >= 15 is 0 Å². The predicted octanol–water partition coefficient (Wildman–Crippen LogP) is 3.50. The molecular weight excluding hydrogens is 332 g/mol. The van der Waals surface area contributed by atoms with Crippen molar-refractivity contribution in [1.29, 1.82) is 0 Å². The second kappa shape index (κ2) is 7.24. The lowest BCUT2D eigenvalue weighted by atomic mass is 10.2. The van der Waals surface area contributed by atoms with E-state index in [0.717, 1.165) is 15.6 Å².